The number of aromatic nitrogens is 5. The molecule has 4 rings (SSSR count). The summed E-state index contributed by atoms with van der Waals surface area (Å²) in [4.78, 5) is 18.7. The maximum Gasteiger partial charge on any atom is 0.280 e. The lowest BCUT2D eigenvalue weighted by molar-refractivity contribution is -0.139. The topological polar surface area (TPSA) is 99.2 Å². The minimum absolute atomic E-state index is 0.0287. The van der Waals surface area contributed by atoms with Gasteiger partial charge in [0.1, 0.15) is 5.75 Å². The number of benzene rings is 1. The SMILES string of the molecule is Cc1noc(-c2cn(C3CCN(C(=O)[C@@H](C)Oc4ccc(Cl)cc4)CC3)nn2)n1. The maximum absolute atomic E-state index is 12.7. The Hall–Kier alpha value is -2.94. The molecule has 1 aromatic carbocycles. The van der Waals surface area contributed by atoms with Crippen molar-refractivity contribution >= 4 is 17.5 Å². The number of likely N-dealkylation sites (tertiary alicyclic amines) is 1. The highest BCUT2D eigenvalue weighted by atomic mass is 35.5. The van der Waals surface area contributed by atoms with Crippen LogP contribution in [0.5, 0.6) is 5.75 Å². The molecule has 1 fully saturated rings. The van der Waals surface area contributed by atoms with E-state index in [1.807, 2.05) is 9.58 Å². The molecule has 0 aliphatic carbocycles. The molecule has 0 N–H and O–H groups in total. The first kappa shape index (κ1) is 19.4. The molecule has 1 amide bonds. The molecule has 3 heterocycles. The van der Waals surface area contributed by atoms with Crippen LogP contribution >= 0.6 is 11.6 Å². The van der Waals surface area contributed by atoms with Gasteiger partial charge >= 0.3 is 0 Å². The minimum atomic E-state index is -0.563. The van der Waals surface area contributed by atoms with Crippen molar-refractivity contribution in [1.82, 2.24) is 30.0 Å². The molecule has 1 aliphatic rings. The van der Waals surface area contributed by atoms with Crippen LogP contribution in [0.2, 0.25) is 5.02 Å². The van der Waals surface area contributed by atoms with Gasteiger partial charge in [0, 0.05) is 18.1 Å². The quantitative estimate of drug-likeness (QED) is 0.630. The number of amides is 1. The molecule has 0 unspecified atom stereocenters. The van der Waals surface area contributed by atoms with Gasteiger partial charge in [-0.3, -0.25) is 4.79 Å². The Balaban J connectivity index is 1.32. The van der Waals surface area contributed by atoms with Gasteiger partial charge in [-0.25, -0.2) is 4.68 Å². The normalized spacial score (nSPS) is 16.0. The standard InChI is InChI=1S/C19H21ClN6O3/c1-12(28-16-5-3-14(20)4-6-16)19(27)25-9-7-15(8-10-25)26-11-17(22-24-26)18-21-13(2)23-29-18/h3-6,11-12,15H,7-10H2,1-2H3/t12-/m1/s1. The summed E-state index contributed by atoms with van der Waals surface area (Å²) < 4.78 is 12.7. The summed E-state index contributed by atoms with van der Waals surface area (Å²) in [6.07, 6.45) is 2.81. The molecule has 152 valence electrons. The molecule has 1 atom stereocenters. The summed E-state index contributed by atoms with van der Waals surface area (Å²) in [5.41, 5.74) is 0.550. The van der Waals surface area contributed by atoms with Gasteiger partial charge in [0.2, 0.25) is 0 Å². The summed E-state index contributed by atoms with van der Waals surface area (Å²) in [6.45, 7) is 4.78. The molecular formula is C19H21ClN6O3. The van der Waals surface area contributed by atoms with E-state index in [9.17, 15) is 4.79 Å². The zero-order valence-corrected chi connectivity index (χ0v) is 16.9. The van der Waals surface area contributed by atoms with E-state index < -0.39 is 6.10 Å². The highest BCUT2D eigenvalue weighted by molar-refractivity contribution is 6.30. The van der Waals surface area contributed by atoms with Gasteiger partial charge in [0.05, 0.1) is 12.2 Å². The molecular weight excluding hydrogens is 396 g/mol. The van der Waals surface area contributed by atoms with Gasteiger partial charge in [-0.2, -0.15) is 4.98 Å². The molecule has 0 radical (unpaired) electrons. The predicted octanol–water partition coefficient (Wildman–Crippen LogP) is 2.92. The fourth-order valence-corrected chi connectivity index (χ4v) is 3.46. The van der Waals surface area contributed by atoms with Crippen molar-refractivity contribution < 1.29 is 14.1 Å². The Kier molecular flexibility index (Phi) is 5.48. The molecule has 1 saturated heterocycles. The Morgan fingerprint density at radius 2 is 2.00 bits per heavy atom. The van der Waals surface area contributed by atoms with E-state index in [2.05, 4.69) is 20.5 Å². The Bertz CT molecular complexity index is 978. The number of piperidine rings is 1. The van der Waals surface area contributed by atoms with Crippen LogP contribution in [0, 0.1) is 6.92 Å². The van der Waals surface area contributed by atoms with E-state index >= 15 is 0 Å². The lowest BCUT2D eigenvalue weighted by Crippen LogP contribution is -2.45. The van der Waals surface area contributed by atoms with Crippen molar-refractivity contribution in [3.63, 3.8) is 0 Å². The number of nitrogens with zero attached hydrogens (tertiary/aromatic N) is 6. The van der Waals surface area contributed by atoms with Crippen LogP contribution in [0.4, 0.5) is 0 Å². The van der Waals surface area contributed by atoms with Gasteiger partial charge in [0.25, 0.3) is 11.8 Å². The van der Waals surface area contributed by atoms with Crippen molar-refractivity contribution in [2.45, 2.75) is 38.8 Å². The van der Waals surface area contributed by atoms with Crippen LogP contribution in [-0.4, -0.2) is 55.1 Å². The van der Waals surface area contributed by atoms with Crippen LogP contribution in [0.15, 0.2) is 35.0 Å². The largest absolute Gasteiger partial charge is 0.481 e. The molecule has 0 spiro atoms. The van der Waals surface area contributed by atoms with E-state index in [4.69, 9.17) is 20.9 Å². The third-order valence-electron chi connectivity index (χ3n) is 4.88. The number of carbonyl (C=O) groups excluding carboxylic acids is 1. The second kappa shape index (κ2) is 8.20. The highest BCUT2D eigenvalue weighted by Gasteiger charge is 2.28. The number of ether oxygens (including phenoxy) is 1. The number of hydrogen-bond donors (Lipinski definition) is 0. The maximum atomic E-state index is 12.7. The average Bonchev–Trinajstić information content (AvgIpc) is 3.38. The summed E-state index contributed by atoms with van der Waals surface area (Å²) in [6, 6.07) is 7.15. The van der Waals surface area contributed by atoms with Gasteiger partial charge < -0.3 is 14.2 Å². The van der Waals surface area contributed by atoms with E-state index in [1.54, 1.807) is 44.3 Å². The van der Waals surface area contributed by atoms with Crippen molar-refractivity contribution in [2.75, 3.05) is 13.1 Å². The zero-order valence-electron chi connectivity index (χ0n) is 16.2. The Labute approximate surface area is 172 Å². The third-order valence-corrected chi connectivity index (χ3v) is 5.13. The fourth-order valence-electron chi connectivity index (χ4n) is 3.33. The number of aryl methyl sites for hydroxylation is 1. The molecule has 9 nitrogen and oxygen atoms in total. The van der Waals surface area contributed by atoms with E-state index in [-0.39, 0.29) is 11.9 Å². The lowest BCUT2D eigenvalue weighted by atomic mass is 10.0. The average molecular weight is 417 g/mol. The van der Waals surface area contributed by atoms with Crippen LogP contribution < -0.4 is 4.74 Å². The smallest absolute Gasteiger partial charge is 0.280 e. The first-order valence-electron chi connectivity index (χ1n) is 9.43. The van der Waals surface area contributed by atoms with Crippen molar-refractivity contribution in [2.24, 2.45) is 0 Å². The third kappa shape index (κ3) is 4.40. The van der Waals surface area contributed by atoms with Gasteiger partial charge in [-0.05, 0) is 51.0 Å². The van der Waals surface area contributed by atoms with Crippen molar-refractivity contribution in [1.29, 1.82) is 0 Å². The number of carbonyl (C=O) groups is 1. The van der Waals surface area contributed by atoms with Crippen molar-refractivity contribution in [3.8, 4) is 17.3 Å². The van der Waals surface area contributed by atoms with Crippen molar-refractivity contribution in [3.05, 3.63) is 41.3 Å². The Morgan fingerprint density at radius 3 is 2.66 bits per heavy atom. The fraction of sp³-hybridized carbons (Fsp3) is 0.421. The molecule has 29 heavy (non-hydrogen) atoms. The second-order valence-corrected chi connectivity index (χ2v) is 7.44. The van der Waals surface area contributed by atoms with E-state index in [0.717, 1.165) is 12.8 Å². The van der Waals surface area contributed by atoms with Gasteiger partial charge in [-0.1, -0.05) is 22.0 Å². The van der Waals surface area contributed by atoms with Crippen LogP contribution in [-0.2, 0) is 4.79 Å². The Morgan fingerprint density at radius 1 is 1.28 bits per heavy atom. The number of rotatable bonds is 5. The summed E-state index contributed by atoms with van der Waals surface area (Å²) in [5, 5.41) is 12.7. The molecule has 0 saturated carbocycles. The van der Waals surface area contributed by atoms with E-state index in [1.165, 1.54) is 0 Å². The molecule has 0 bridgehead atoms. The van der Waals surface area contributed by atoms with Crippen LogP contribution in [0.25, 0.3) is 11.6 Å². The molecule has 3 aromatic rings. The molecule has 1 aliphatic heterocycles. The predicted molar refractivity (Wildman–Crippen MR) is 104 cm³/mol. The lowest BCUT2D eigenvalue weighted by Gasteiger charge is -2.33. The summed E-state index contributed by atoms with van der Waals surface area (Å²) in [5.74, 6) is 1.50. The number of hydrogen-bond acceptors (Lipinski definition) is 7. The highest BCUT2D eigenvalue weighted by Crippen LogP contribution is 2.25. The summed E-state index contributed by atoms with van der Waals surface area (Å²) in [7, 11) is 0. The summed E-state index contributed by atoms with van der Waals surface area (Å²) >= 11 is 5.88. The van der Waals surface area contributed by atoms with Crippen LogP contribution in [0.1, 0.15) is 31.6 Å². The van der Waals surface area contributed by atoms with Gasteiger partial charge in [-0.15, -0.1) is 5.10 Å². The van der Waals surface area contributed by atoms with Gasteiger partial charge in [0.15, 0.2) is 17.6 Å². The zero-order chi connectivity index (χ0) is 20.4. The molecule has 2 aromatic heterocycles. The first-order valence-corrected chi connectivity index (χ1v) is 9.81. The van der Waals surface area contributed by atoms with Crippen LogP contribution in [0.3, 0.4) is 0 Å². The molecule has 10 heteroatoms. The monoisotopic (exact) mass is 416 g/mol. The number of halogens is 1. The second-order valence-electron chi connectivity index (χ2n) is 7.00. The minimum Gasteiger partial charge on any atom is -0.481 e. The first-order chi connectivity index (χ1) is 14.0. The van der Waals surface area contributed by atoms with E-state index in [0.29, 0.717) is 41.3 Å².